The smallest absolute Gasteiger partial charge is 0.241 e. The first-order valence-corrected chi connectivity index (χ1v) is 8.00. The van der Waals surface area contributed by atoms with Crippen molar-refractivity contribution in [1.29, 1.82) is 0 Å². The Morgan fingerprint density at radius 2 is 2.04 bits per heavy atom. The predicted molar refractivity (Wildman–Crippen MR) is 95.2 cm³/mol. The van der Waals surface area contributed by atoms with Gasteiger partial charge in [-0.15, -0.1) is 0 Å². The van der Waals surface area contributed by atoms with Crippen LogP contribution in [0.5, 0.6) is 11.5 Å². The average molecular weight is 345 g/mol. The number of amides is 1. The van der Waals surface area contributed by atoms with Crippen molar-refractivity contribution in [3.63, 3.8) is 0 Å². The van der Waals surface area contributed by atoms with Gasteiger partial charge in [-0.05, 0) is 42.8 Å². The Balaban J connectivity index is 1.62. The number of carbonyl (C=O) groups is 1. The van der Waals surface area contributed by atoms with E-state index >= 15 is 0 Å². The second-order valence-electron chi connectivity index (χ2n) is 5.25. The minimum absolute atomic E-state index is 0.151. The molecule has 0 bridgehead atoms. The van der Waals surface area contributed by atoms with E-state index in [1.54, 1.807) is 32.6 Å². The van der Waals surface area contributed by atoms with Crippen LogP contribution >= 0.6 is 0 Å². The summed E-state index contributed by atoms with van der Waals surface area (Å²) in [5.41, 5.74) is 3.59. The highest BCUT2D eigenvalue weighted by Crippen LogP contribution is 2.27. The summed E-state index contributed by atoms with van der Waals surface area (Å²) in [5.74, 6) is 1.87. The van der Waals surface area contributed by atoms with E-state index in [0.717, 1.165) is 18.5 Å². The standard InChI is InChI=1S/C18H23N3O4/c1-23-16-6-5-14(12-17(16)24-2)7-9-19-10-8-18(22)21-20-13-15-4-3-11-25-15/h3-6,11-13,19H,7-10H2,1-2H3,(H,21,22)/b20-13-. The van der Waals surface area contributed by atoms with E-state index in [9.17, 15) is 4.79 Å². The molecule has 0 saturated heterocycles. The maximum absolute atomic E-state index is 11.6. The second kappa shape index (κ2) is 10.1. The normalized spacial score (nSPS) is 10.8. The van der Waals surface area contributed by atoms with Crippen molar-refractivity contribution >= 4 is 12.1 Å². The van der Waals surface area contributed by atoms with Gasteiger partial charge in [-0.25, -0.2) is 5.43 Å². The summed E-state index contributed by atoms with van der Waals surface area (Å²) in [6.07, 6.45) is 4.19. The Kier molecular flexibility index (Phi) is 7.52. The molecule has 2 N–H and O–H groups in total. The predicted octanol–water partition coefficient (Wildman–Crippen LogP) is 1.97. The lowest BCUT2D eigenvalue weighted by atomic mass is 10.1. The minimum Gasteiger partial charge on any atom is -0.493 e. The quantitative estimate of drug-likeness (QED) is 0.391. The summed E-state index contributed by atoms with van der Waals surface area (Å²) in [6, 6.07) is 9.35. The molecule has 25 heavy (non-hydrogen) atoms. The van der Waals surface area contributed by atoms with Gasteiger partial charge in [-0.3, -0.25) is 4.79 Å². The molecule has 7 nitrogen and oxygen atoms in total. The Morgan fingerprint density at radius 1 is 1.20 bits per heavy atom. The maximum atomic E-state index is 11.6. The third-order valence-electron chi connectivity index (χ3n) is 3.49. The van der Waals surface area contributed by atoms with Crippen LogP contribution in [0.2, 0.25) is 0 Å². The fourth-order valence-electron chi connectivity index (χ4n) is 2.18. The Morgan fingerprint density at radius 3 is 2.76 bits per heavy atom. The third kappa shape index (κ3) is 6.31. The number of nitrogens with one attached hydrogen (secondary N) is 2. The third-order valence-corrected chi connectivity index (χ3v) is 3.49. The highest BCUT2D eigenvalue weighted by atomic mass is 16.5. The van der Waals surface area contributed by atoms with E-state index < -0.39 is 0 Å². The fourth-order valence-corrected chi connectivity index (χ4v) is 2.18. The Labute approximate surface area is 147 Å². The summed E-state index contributed by atoms with van der Waals surface area (Å²) >= 11 is 0. The molecule has 2 rings (SSSR count). The van der Waals surface area contributed by atoms with E-state index in [1.165, 1.54) is 6.21 Å². The number of hydrogen-bond acceptors (Lipinski definition) is 6. The number of rotatable bonds is 10. The van der Waals surface area contributed by atoms with E-state index in [4.69, 9.17) is 13.9 Å². The van der Waals surface area contributed by atoms with Crippen molar-refractivity contribution in [2.24, 2.45) is 5.10 Å². The van der Waals surface area contributed by atoms with Gasteiger partial charge in [-0.2, -0.15) is 5.10 Å². The Bertz CT molecular complexity index is 684. The number of methoxy groups -OCH3 is 2. The average Bonchev–Trinajstić information content (AvgIpc) is 3.14. The number of carbonyl (C=O) groups excluding carboxylic acids is 1. The number of hydrazone groups is 1. The van der Waals surface area contributed by atoms with Crippen LogP contribution in [0.15, 0.2) is 46.1 Å². The minimum atomic E-state index is -0.151. The SMILES string of the molecule is COc1ccc(CCNCCC(=O)N/N=C\c2ccco2)cc1OC. The highest BCUT2D eigenvalue weighted by molar-refractivity contribution is 5.80. The van der Waals surface area contributed by atoms with Crippen LogP contribution in [0.25, 0.3) is 0 Å². The van der Waals surface area contributed by atoms with Crippen LogP contribution in [0, 0.1) is 0 Å². The molecule has 0 radical (unpaired) electrons. The first kappa shape index (κ1) is 18.5. The van der Waals surface area contributed by atoms with Crippen molar-refractivity contribution in [2.75, 3.05) is 27.3 Å². The zero-order chi connectivity index (χ0) is 17.9. The molecular weight excluding hydrogens is 322 g/mol. The van der Waals surface area contributed by atoms with Crippen molar-refractivity contribution in [1.82, 2.24) is 10.7 Å². The summed E-state index contributed by atoms with van der Waals surface area (Å²) in [4.78, 5) is 11.6. The van der Waals surface area contributed by atoms with Crippen LogP contribution in [-0.2, 0) is 11.2 Å². The molecule has 7 heteroatoms. The molecule has 0 aliphatic heterocycles. The van der Waals surface area contributed by atoms with Gasteiger partial charge < -0.3 is 19.2 Å². The van der Waals surface area contributed by atoms with Gasteiger partial charge in [0.15, 0.2) is 11.5 Å². The van der Waals surface area contributed by atoms with Crippen LogP contribution in [0.3, 0.4) is 0 Å². The van der Waals surface area contributed by atoms with Gasteiger partial charge >= 0.3 is 0 Å². The van der Waals surface area contributed by atoms with Gasteiger partial charge in [0.2, 0.25) is 5.91 Å². The van der Waals surface area contributed by atoms with Crippen molar-refractivity contribution in [2.45, 2.75) is 12.8 Å². The monoisotopic (exact) mass is 345 g/mol. The summed E-state index contributed by atoms with van der Waals surface area (Å²) < 4.78 is 15.6. The molecule has 2 aromatic rings. The first-order chi connectivity index (χ1) is 12.2. The number of hydrogen-bond donors (Lipinski definition) is 2. The summed E-state index contributed by atoms with van der Waals surface area (Å²) in [5, 5.41) is 7.06. The van der Waals surface area contributed by atoms with Gasteiger partial charge in [0, 0.05) is 13.0 Å². The van der Waals surface area contributed by atoms with Gasteiger partial charge in [0.25, 0.3) is 0 Å². The molecule has 0 aliphatic carbocycles. The highest BCUT2D eigenvalue weighted by Gasteiger charge is 2.04. The van der Waals surface area contributed by atoms with E-state index in [1.807, 2.05) is 18.2 Å². The van der Waals surface area contributed by atoms with Crippen LogP contribution in [0.4, 0.5) is 0 Å². The molecule has 0 fully saturated rings. The summed E-state index contributed by atoms with van der Waals surface area (Å²) in [7, 11) is 3.23. The molecule has 1 aromatic heterocycles. The van der Waals surface area contributed by atoms with Crippen LogP contribution in [0.1, 0.15) is 17.7 Å². The molecule has 1 amide bonds. The van der Waals surface area contributed by atoms with Crippen molar-refractivity contribution in [3.8, 4) is 11.5 Å². The molecule has 0 spiro atoms. The summed E-state index contributed by atoms with van der Waals surface area (Å²) in [6.45, 7) is 1.34. The number of ether oxygens (including phenoxy) is 2. The van der Waals surface area contributed by atoms with Gasteiger partial charge in [0.05, 0.1) is 26.7 Å². The van der Waals surface area contributed by atoms with Crippen LogP contribution < -0.4 is 20.2 Å². The lowest BCUT2D eigenvalue weighted by molar-refractivity contribution is -0.120. The van der Waals surface area contributed by atoms with Gasteiger partial charge in [-0.1, -0.05) is 6.07 Å². The molecule has 0 atom stereocenters. The molecule has 0 saturated carbocycles. The van der Waals surface area contributed by atoms with Gasteiger partial charge in [0.1, 0.15) is 5.76 Å². The van der Waals surface area contributed by atoms with E-state index in [-0.39, 0.29) is 5.91 Å². The Hall–Kier alpha value is -2.80. The molecule has 0 unspecified atom stereocenters. The van der Waals surface area contributed by atoms with E-state index in [0.29, 0.717) is 30.2 Å². The topological polar surface area (TPSA) is 85.1 Å². The molecule has 1 heterocycles. The molecule has 134 valence electrons. The first-order valence-electron chi connectivity index (χ1n) is 8.00. The maximum Gasteiger partial charge on any atom is 0.241 e. The largest absolute Gasteiger partial charge is 0.493 e. The lowest BCUT2D eigenvalue weighted by Gasteiger charge is -2.10. The van der Waals surface area contributed by atoms with E-state index in [2.05, 4.69) is 15.8 Å². The molecular formula is C18H23N3O4. The van der Waals surface area contributed by atoms with Crippen molar-refractivity contribution in [3.05, 3.63) is 47.9 Å². The number of furan rings is 1. The number of benzene rings is 1. The zero-order valence-electron chi connectivity index (χ0n) is 14.5. The lowest BCUT2D eigenvalue weighted by Crippen LogP contribution is -2.25. The van der Waals surface area contributed by atoms with Crippen molar-refractivity contribution < 1.29 is 18.7 Å². The fraction of sp³-hybridized carbons (Fsp3) is 0.333. The van der Waals surface area contributed by atoms with Crippen LogP contribution in [-0.4, -0.2) is 39.4 Å². The molecule has 0 aliphatic rings. The second-order valence-corrected chi connectivity index (χ2v) is 5.25. The molecule has 1 aromatic carbocycles. The number of nitrogens with zero attached hydrogens (tertiary/aromatic N) is 1. The zero-order valence-corrected chi connectivity index (χ0v) is 14.5.